The molecule has 2 heterocycles. The highest BCUT2D eigenvalue weighted by molar-refractivity contribution is 6.02. The molecule has 0 spiro atoms. The molecule has 8 heteroatoms. The van der Waals surface area contributed by atoms with E-state index in [0.29, 0.717) is 36.7 Å². The SMILES string of the molecule is COCc1cc(C(=O)Nc2cc([C@H]3CCC(=O)C3)[nH]n2)n(C)n1. The number of H-pyrrole nitrogens is 1. The fraction of sp³-hybridized carbons (Fsp3) is 0.467. The van der Waals surface area contributed by atoms with Crippen molar-refractivity contribution >= 4 is 17.5 Å². The first kappa shape index (κ1) is 15.4. The van der Waals surface area contributed by atoms with Crippen LogP contribution in [-0.2, 0) is 23.2 Å². The van der Waals surface area contributed by atoms with Crippen molar-refractivity contribution in [1.82, 2.24) is 20.0 Å². The second kappa shape index (κ2) is 6.33. The summed E-state index contributed by atoms with van der Waals surface area (Å²) in [6.45, 7) is 0.351. The number of nitrogens with zero attached hydrogens (tertiary/aromatic N) is 3. The second-order valence-corrected chi connectivity index (χ2v) is 5.72. The fourth-order valence-corrected chi connectivity index (χ4v) is 2.83. The maximum Gasteiger partial charge on any atom is 0.275 e. The minimum absolute atomic E-state index is 0.172. The van der Waals surface area contributed by atoms with Crippen LogP contribution in [-0.4, -0.2) is 38.8 Å². The Labute approximate surface area is 133 Å². The van der Waals surface area contributed by atoms with Gasteiger partial charge in [-0.25, -0.2) is 0 Å². The van der Waals surface area contributed by atoms with Gasteiger partial charge in [0.25, 0.3) is 5.91 Å². The Morgan fingerprint density at radius 2 is 2.35 bits per heavy atom. The molecule has 1 amide bonds. The molecule has 2 aromatic rings. The van der Waals surface area contributed by atoms with Gasteiger partial charge >= 0.3 is 0 Å². The van der Waals surface area contributed by atoms with Gasteiger partial charge in [-0.15, -0.1) is 0 Å². The molecule has 1 fully saturated rings. The summed E-state index contributed by atoms with van der Waals surface area (Å²) in [5.74, 6) is 0.600. The third kappa shape index (κ3) is 3.31. The maximum atomic E-state index is 12.3. The average Bonchev–Trinajstić information content (AvgIpc) is 3.20. The lowest BCUT2D eigenvalue weighted by Gasteiger charge is -2.03. The molecule has 1 aliphatic carbocycles. The quantitative estimate of drug-likeness (QED) is 0.867. The van der Waals surface area contributed by atoms with Crippen molar-refractivity contribution in [2.75, 3.05) is 12.4 Å². The number of amides is 1. The molecule has 23 heavy (non-hydrogen) atoms. The smallest absolute Gasteiger partial charge is 0.275 e. The van der Waals surface area contributed by atoms with Gasteiger partial charge in [0, 0.05) is 44.7 Å². The summed E-state index contributed by atoms with van der Waals surface area (Å²) < 4.78 is 6.52. The molecule has 0 radical (unpaired) electrons. The number of hydrogen-bond acceptors (Lipinski definition) is 5. The highest BCUT2D eigenvalue weighted by Gasteiger charge is 2.25. The topological polar surface area (TPSA) is 102 Å². The van der Waals surface area contributed by atoms with Crippen LogP contribution in [0.3, 0.4) is 0 Å². The summed E-state index contributed by atoms with van der Waals surface area (Å²) in [7, 11) is 3.28. The summed E-state index contributed by atoms with van der Waals surface area (Å²) in [5, 5.41) is 14.0. The standard InChI is InChI=1S/C15H19N5O3/c1-20-13(6-10(19-20)8-23-2)15(22)16-14-7-12(17-18-14)9-3-4-11(21)5-9/h6-7,9H,3-5,8H2,1-2H3,(H2,16,17,18,22)/t9-/m0/s1. The van der Waals surface area contributed by atoms with Crippen LogP contribution in [0.4, 0.5) is 5.82 Å². The van der Waals surface area contributed by atoms with E-state index >= 15 is 0 Å². The van der Waals surface area contributed by atoms with Crippen molar-refractivity contribution in [1.29, 1.82) is 0 Å². The number of rotatable bonds is 5. The number of anilines is 1. The number of Topliss-reactive ketones (excluding diaryl/α,β-unsaturated/α-hetero) is 1. The van der Waals surface area contributed by atoms with Crippen LogP contribution in [0.2, 0.25) is 0 Å². The molecule has 8 nitrogen and oxygen atoms in total. The largest absolute Gasteiger partial charge is 0.378 e. The van der Waals surface area contributed by atoms with E-state index in [-0.39, 0.29) is 17.6 Å². The Balaban J connectivity index is 1.68. The third-order valence-corrected chi connectivity index (χ3v) is 3.98. The Morgan fingerprint density at radius 1 is 1.52 bits per heavy atom. The zero-order chi connectivity index (χ0) is 16.4. The lowest BCUT2D eigenvalue weighted by molar-refractivity contribution is -0.117. The molecule has 2 N–H and O–H groups in total. The second-order valence-electron chi connectivity index (χ2n) is 5.72. The molecular weight excluding hydrogens is 298 g/mol. The van der Waals surface area contributed by atoms with Gasteiger partial charge < -0.3 is 10.1 Å². The van der Waals surface area contributed by atoms with Crippen molar-refractivity contribution in [2.24, 2.45) is 7.05 Å². The van der Waals surface area contributed by atoms with Crippen LogP contribution >= 0.6 is 0 Å². The minimum Gasteiger partial charge on any atom is -0.378 e. The van der Waals surface area contributed by atoms with E-state index in [1.54, 1.807) is 26.3 Å². The first-order chi connectivity index (χ1) is 11.1. The monoisotopic (exact) mass is 317 g/mol. The fourth-order valence-electron chi connectivity index (χ4n) is 2.83. The van der Waals surface area contributed by atoms with Gasteiger partial charge in [0.15, 0.2) is 5.82 Å². The van der Waals surface area contributed by atoms with Gasteiger partial charge in [-0.1, -0.05) is 0 Å². The molecule has 1 atom stereocenters. The van der Waals surface area contributed by atoms with Crippen molar-refractivity contribution < 1.29 is 14.3 Å². The number of aryl methyl sites for hydroxylation is 1. The Bertz CT molecular complexity index is 733. The van der Waals surface area contributed by atoms with Gasteiger partial charge in [-0.05, 0) is 12.5 Å². The Kier molecular flexibility index (Phi) is 4.24. The first-order valence-corrected chi connectivity index (χ1v) is 7.47. The number of aromatic amines is 1. The van der Waals surface area contributed by atoms with Crippen LogP contribution in [0.25, 0.3) is 0 Å². The van der Waals surface area contributed by atoms with E-state index in [9.17, 15) is 9.59 Å². The zero-order valence-electron chi connectivity index (χ0n) is 13.1. The molecule has 0 bridgehead atoms. The summed E-state index contributed by atoms with van der Waals surface area (Å²) in [4.78, 5) is 23.7. The molecule has 2 aromatic heterocycles. The molecule has 1 aliphatic rings. The van der Waals surface area contributed by atoms with Gasteiger partial charge in [-0.3, -0.25) is 19.4 Å². The van der Waals surface area contributed by atoms with Crippen LogP contribution in [0.1, 0.15) is 47.1 Å². The number of ketones is 1. The number of aromatic nitrogens is 4. The molecule has 0 aliphatic heterocycles. The first-order valence-electron chi connectivity index (χ1n) is 7.47. The molecule has 3 rings (SSSR count). The van der Waals surface area contributed by atoms with Crippen LogP contribution in [0, 0.1) is 0 Å². The number of hydrogen-bond donors (Lipinski definition) is 2. The molecule has 1 saturated carbocycles. The zero-order valence-corrected chi connectivity index (χ0v) is 13.1. The Morgan fingerprint density at radius 3 is 3.04 bits per heavy atom. The Hall–Kier alpha value is -2.48. The lowest BCUT2D eigenvalue weighted by Crippen LogP contribution is -2.16. The average molecular weight is 317 g/mol. The normalized spacial score (nSPS) is 17.7. The minimum atomic E-state index is -0.289. The number of carbonyl (C=O) groups excluding carboxylic acids is 2. The number of nitrogens with one attached hydrogen (secondary N) is 2. The van der Waals surface area contributed by atoms with Crippen molar-refractivity contribution in [2.45, 2.75) is 31.8 Å². The van der Waals surface area contributed by atoms with Crippen molar-refractivity contribution in [3.63, 3.8) is 0 Å². The predicted molar refractivity (Wildman–Crippen MR) is 82.1 cm³/mol. The number of methoxy groups -OCH3 is 1. The van der Waals surface area contributed by atoms with Gasteiger partial charge in [-0.2, -0.15) is 10.2 Å². The van der Waals surface area contributed by atoms with Crippen LogP contribution < -0.4 is 5.32 Å². The van der Waals surface area contributed by atoms with E-state index in [2.05, 4.69) is 20.6 Å². The third-order valence-electron chi connectivity index (χ3n) is 3.98. The van der Waals surface area contributed by atoms with E-state index in [4.69, 9.17) is 4.74 Å². The lowest BCUT2D eigenvalue weighted by atomic mass is 10.0. The van der Waals surface area contributed by atoms with Gasteiger partial charge in [0.2, 0.25) is 0 Å². The highest BCUT2D eigenvalue weighted by Crippen LogP contribution is 2.31. The van der Waals surface area contributed by atoms with E-state index in [1.165, 1.54) is 4.68 Å². The van der Waals surface area contributed by atoms with Gasteiger partial charge in [0.05, 0.1) is 12.3 Å². The summed E-state index contributed by atoms with van der Waals surface area (Å²) >= 11 is 0. The summed E-state index contributed by atoms with van der Waals surface area (Å²) in [6, 6.07) is 3.47. The predicted octanol–water partition coefficient (Wildman–Crippen LogP) is 1.38. The summed E-state index contributed by atoms with van der Waals surface area (Å²) in [5.41, 5.74) is 2.00. The van der Waals surface area contributed by atoms with Gasteiger partial charge in [0.1, 0.15) is 11.5 Å². The number of carbonyl (C=O) groups is 2. The van der Waals surface area contributed by atoms with Crippen LogP contribution in [0.5, 0.6) is 0 Å². The van der Waals surface area contributed by atoms with E-state index in [0.717, 1.165) is 12.1 Å². The van der Waals surface area contributed by atoms with Crippen molar-refractivity contribution in [3.05, 3.63) is 29.2 Å². The van der Waals surface area contributed by atoms with Crippen LogP contribution in [0.15, 0.2) is 12.1 Å². The number of ether oxygens (including phenoxy) is 1. The highest BCUT2D eigenvalue weighted by atomic mass is 16.5. The maximum absolute atomic E-state index is 12.3. The molecule has 0 aromatic carbocycles. The molecule has 122 valence electrons. The molecule has 0 unspecified atom stereocenters. The van der Waals surface area contributed by atoms with E-state index in [1.807, 2.05) is 0 Å². The van der Waals surface area contributed by atoms with Crippen molar-refractivity contribution in [3.8, 4) is 0 Å². The van der Waals surface area contributed by atoms with E-state index < -0.39 is 0 Å². The molecule has 0 saturated heterocycles. The summed E-state index contributed by atoms with van der Waals surface area (Å²) in [6.07, 6.45) is 1.98. The molecular formula is C15H19N5O3.